The van der Waals surface area contributed by atoms with E-state index < -0.39 is 17.7 Å². The Hall–Kier alpha value is -2.90. The lowest BCUT2D eigenvalue weighted by molar-refractivity contribution is -0.137. The van der Waals surface area contributed by atoms with Gasteiger partial charge in [0.1, 0.15) is 0 Å². The van der Waals surface area contributed by atoms with Crippen molar-refractivity contribution in [2.45, 2.75) is 6.18 Å². The number of esters is 1. The normalized spacial score (nSPS) is 11.7. The van der Waals surface area contributed by atoms with Gasteiger partial charge in [-0.3, -0.25) is 0 Å². The molecule has 0 spiro atoms. The van der Waals surface area contributed by atoms with Crippen molar-refractivity contribution >= 4 is 11.6 Å². The maximum absolute atomic E-state index is 12.6. The van der Waals surface area contributed by atoms with Crippen molar-refractivity contribution in [3.63, 3.8) is 0 Å². The topological polar surface area (TPSA) is 56.5 Å². The molecule has 0 fully saturated rings. The summed E-state index contributed by atoms with van der Waals surface area (Å²) >= 11 is 0. The summed E-state index contributed by atoms with van der Waals surface area (Å²) in [4.78, 5) is 15.9. The first-order chi connectivity index (χ1) is 10.9. The number of rotatable bonds is 2. The minimum Gasteiger partial charge on any atom is -0.464 e. The second-order valence-corrected chi connectivity index (χ2v) is 4.68. The average molecular weight is 321 g/mol. The van der Waals surface area contributed by atoms with E-state index in [-0.39, 0.29) is 11.5 Å². The summed E-state index contributed by atoms with van der Waals surface area (Å²) in [5.41, 5.74) is 0.233. The second-order valence-electron chi connectivity index (χ2n) is 4.68. The zero-order valence-electron chi connectivity index (χ0n) is 11.8. The highest BCUT2D eigenvalue weighted by Crippen LogP contribution is 2.30. The van der Waals surface area contributed by atoms with E-state index in [2.05, 4.69) is 14.8 Å². The highest BCUT2D eigenvalue weighted by Gasteiger charge is 2.30. The van der Waals surface area contributed by atoms with Crippen molar-refractivity contribution in [3.05, 3.63) is 53.7 Å². The van der Waals surface area contributed by atoms with Gasteiger partial charge in [-0.05, 0) is 24.3 Å². The number of alkyl halides is 3. The van der Waals surface area contributed by atoms with E-state index in [9.17, 15) is 18.0 Å². The van der Waals surface area contributed by atoms with Gasteiger partial charge < -0.3 is 4.74 Å². The Bertz CT molecular complexity index is 870. The van der Waals surface area contributed by atoms with Gasteiger partial charge in [0.25, 0.3) is 0 Å². The second kappa shape index (κ2) is 5.38. The van der Waals surface area contributed by atoms with E-state index in [1.807, 2.05) is 0 Å². The van der Waals surface area contributed by atoms with E-state index in [4.69, 9.17) is 0 Å². The van der Waals surface area contributed by atoms with Gasteiger partial charge in [0.05, 0.1) is 12.7 Å². The molecule has 23 heavy (non-hydrogen) atoms. The molecule has 0 aliphatic rings. The first-order valence-electron chi connectivity index (χ1n) is 6.52. The molecule has 0 saturated heterocycles. The predicted molar refractivity (Wildman–Crippen MR) is 74.8 cm³/mol. The Morgan fingerprint density at radius 3 is 2.43 bits per heavy atom. The van der Waals surface area contributed by atoms with Gasteiger partial charge in [-0.1, -0.05) is 18.2 Å². The molecule has 118 valence electrons. The van der Waals surface area contributed by atoms with Gasteiger partial charge in [0.2, 0.25) is 0 Å². The van der Waals surface area contributed by atoms with Crippen LogP contribution in [0.1, 0.15) is 16.1 Å². The summed E-state index contributed by atoms with van der Waals surface area (Å²) in [6.07, 6.45) is -4.40. The zero-order valence-corrected chi connectivity index (χ0v) is 11.8. The van der Waals surface area contributed by atoms with Crippen molar-refractivity contribution in [1.29, 1.82) is 0 Å². The van der Waals surface area contributed by atoms with Crippen LogP contribution in [0, 0.1) is 0 Å². The van der Waals surface area contributed by atoms with E-state index in [1.54, 1.807) is 12.1 Å². The molecule has 0 N–H and O–H groups in total. The summed E-state index contributed by atoms with van der Waals surface area (Å²) in [5, 5.41) is 4.17. The summed E-state index contributed by atoms with van der Waals surface area (Å²) in [6.45, 7) is 0. The van der Waals surface area contributed by atoms with Crippen molar-refractivity contribution in [2.24, 2.45) is 0 Å². The van der Waals surface area contributed by atoms with Crippen LogP contribution in [0.15, 0.2) is 42.5 Å². The highest BCUT2D eigenvalue weighted by atomic mass is 19.4. The smallest absolute Gasteiger partial charge is 0.416 e. The molecular weight excluding hydrogens is 311 g/mol. The lowest BCUT2D eigenvalue weighted by atomic mass is 10.1. The molecule has 0 aliphatic carbocycles. The molecule has 0 aliphatic heterocycles. The van der Waals surface area contributed by atoms with Gasteiger partial charge in [0, 0.05) is 5.56 Å². The maximum Gasteiger partial charge on any atom is 0.416 e. The molecule has 2 heterocycles. The van der Waals surface area contributed by atoms with Gasteiger partial charge in [-0.15, -0.1) is 5.10 Å². The van der Waals surface area contributed by atoms with E-state index in [0.29, 0.717) is 11.2 Å². The Morgan fingerprint density at radius 1 is 1.13 bits per heavy atom. The molecule has 5 nitrogen and oxygen atoms in total. The van der Waals surface area contributed by atoms with Crippen LogP contribution >= 0.6 is 0 Å². The number of carbonyl (C=O) groups excluding carboxylic acids is 1. The average Bonchev–Trinajstić information content (AvgIpc) is 2.97. The zero-order chi connectivity index (χ0) is 16.6. The molecular formula is C15H10F3N3O2. The Morgan fingerprint density at radius 2 is 1.83 bits per heavy atom. The minimum atomic E-state index is -4.40. The lowest BCUT2D eigenvalue weighted by Crippen LogP contribution is -2.08. The maximum atomic E-state index is 12.6. The fourth-order valence-electron chi connectivity index (χ4n) is 2.09. The molecule has 2 aromatic heterocycles. The van der Waals surface area contributed by atoms with Gasteiger partial charge >= 0.3 is 12.1 Å². The first kappa shape index (κ1) is 15.0. The van der Waals surface area contributed by atoms with Gasteiger partial charge in [-0.2, -0.15) is 13.2 Å². The third-order valence-electron chi connectivity index (χ3n) is 3.22. The number of halogens is 3. The Labute approximate surface area is 128 Å². The molecule has 1 aromatic carbocycles. The quantitative estimate of drug-likeness (QED) is 0.680. The van der Waals surface area contributed by atoms with Crippen LogP contribution in [0.4, 0.5) is 13.2 Å². The summed E-state index contributed by atoms with van der Waals surface area (Å²) in [5.74, 6) is -0.366. The van der Waals surface area contributed by atoms with Crippen molar-refractivity contribution < 1.29 is 22.7 Å². The number of nitrogens with zero attached hydrogens (tertiary/aromatic N) is 3. The van der Waals surface area contributed by atoms with Crippen molar-refractivity contribution in [3.8, 4) is 11.4 Å². The monoisotopic (exact) mass is 321 g/mol. The highest BCUT2D eigenvalue weighted by molar-refractivity contribution is 5.88. The first-order valence-corrected chi connectivity index (χ1v) is 6.52. The van der Waals surface area contributed by atoms with Crippen molar-refractivity contribution in [2.75, 3.05) is 7.11 Å². The standard InChI is InChI=1S/C15H10F3N3O2/c1-23-14(22)11-3-2-4-12-19-13(20-21(11)12)9-5-7-10(8-6-9)15(16,17)18/h2-8H,1H3. The number of hydrogen-bond acceptors (Lipinski definition) is 4. The molecule has 0 unspecified atom stereocenters. The number of carbonyl (C=O) groups is 1. The SMILES string of the molecule is COC(=O)c1cccc2nc(-c3ccc(C(F)(F)F)cc3)nn12. The van der Waals surface area contributed by atoms with E-state index in [1.165, 1.54) is 29.8 Å². The lowest BCUT2D eigenvalue weighted by Gasteiger charge is -2.06. The molecule has 0 saturated carbocycles. The third kappa shape index (κ3) is 2.75. The summed E-state index contributed by atoms with van der Waals surface area (Å²) < 4.78 is 43.7. The number of benzene rings is 1. The number of aromatic nitrogens is 3. The van der Waals surface area contributed by atoms with Crippen LogP contribution in [0.25, 0.3) is 17.0 Å². The Kier molecular flexibility index (Phi) is 3.51. The van der Waals surface area contributed by atoms with Crippen LogP contribution in [-0.4, -0.2) is 27.7 Å². The fraction of sp³-hybridized carbons (Fsp3) is 0.133. The van der Waals surface area contributed by atoms with Crippen molar-refractivity contribution in [1.82, 2.24) is 14.6 Å². The number of ether oxygens (including phenoxy) is 1. The molecule has 0 radical (unpaired) electrons. The van der Waals surface area contributed by atoms with Gasteiger partial charge in [-0.25, -0.2) is 14.3 Å². The summed E-state index contributed by atoms with van der Waals surface area (Å²) in [7, 11) is 1.24. The third-order valence-corrected chi connectivity index (χ3v) is 3.22. The molecule has 8 heteroatoms. The number of fused-ring (bicyclic) bond motifs is 1. The minimum absolute atomic E-state index is 0.177. The molecule has 3 rings (SSSR count). The number of pyridine rings is 1. The summed E-state index contributed by atoms with van der Waals surface area (Å²) in [6, 6.07) is 9.26. The van der Waals surface area contributed by atoms with Gasteiger partial charge in [0.15, 0.2) is 17.2 Å². The number of hydrogen-bond donors (Lipinski definition) is 0. The largest absolute Gasteiger partial charge is 0.464 e. The van der Waals surface area contributed by atoms with Crippen LogP contribution in [-0.2, 0) is 10.9 Å². The molecule has 3 aromatic rings. The predicted octanol–water partition coefficient (Wildman–Crippen LogP) is 3.20. The molecule has 0 atom stereocenters. The van der Waals surface area contributed by atoms with Crippen LogP contribution in [0.5, 0.6) is 0 Å². The van der Waals surface area contributed by atoms with Crippen LogP contribution < -0.4 is 0 Å². The number of methoxy groups -OCH3 is 1. The van der Waals surface area contributed by atoms with E-state index in [0.717, 1.165) is 12.1 Å². The molecule has 0 bridgehead atoms. The molecule has 0 amide bonds. The van der Waals surface area contributed by atoms with Crippen LogP contribution in [0.2, 0.25) is 0 Å². The van der Waals surface area contributed by atoms with E-state index >= 15 is 0 Å². The fourth-order valence-corrected chi connectivity index (χ4v) is 2.09. The van der Waals surface area contributed by atoms with Crippen LogP contribution in [0.3, 0.4) is 0 Å². The Balaban J connectivity index is 2.06.